The van der Waals surface area contributed by atoms with Crippen molar-refractivity contribution in [2.24, 2.45) is 0 Å². The van der Waals surface area contributed by atoms with Crippen LogP contribution in [0.2, 0.25) is 0 Å². The Morgan fingerprint density at radius 1 is 0.583 bits per heavy atom. The average molecular weight is 316 g/mol. The van der Waals surface area contributed by atoms with Crippen LogP contribution in [0.5, 0.6) is 0 Å². The summed E-state index contributed by atoms with van der Waals surface area (Å²) in [6.07, 6.45) is 7.43. The maximum absolute atomic E-state index is 4.13. The number of rotatable bonds is 2. The van der Waals surface area contributed by atoms with Crippen molar-refractivity contribution in [1.29, 1.82) is 0 Å². The Hall–Kier alpha value is -3.14. The minimum atomic E-state index is 1.10. The van der Waals surface area contributed by atoms with Gasteiger partial charge in [0, 0.05) is 24.8 Å². The predicted octanol–water partition coefficient (Wildman–Crippen LogP) is 4.36. The van der Waals surface area contributed by atoms with Crippen LogP contribution >= 0.6 is 0 Å². The molecule has 0 saturated carbocycles. The van der Waals surface area contributed by atoms with Crippen LogP contribution < -0.4 is 0 Å². The fourth-order valence-corrected chi connectivity index (χ4v) is 2.24. The molecule has 0 N–H and O–H groups in total. The summed E-state index contributed by atoms with van der Waals surface area (Å²) >= 11 is 0. The minimum absolute atomic E-state index is 1.10. The monoisotopic (exact) mass is 316 g/mol. The van der Waals surface area contributed by atoms with Gasteiger partial charge >= 0.3 is 0 Å². The van der Waals surface area contributed by atoms with E-state index in [2.05, 4.69) is 72.6 Å². The largest absolute Gasteiger partial charge is 0.241 e. The standard InChI is InChI=1S/2C10H10N2/c2*1-9-3-5-10(6-4-9)12-8-2-7-11-12/h2*2-8H,1H3. The number of aromatic nitrogens is 4. The fraction of sp³-hybridized carbons (Fsp3) is 0.100. The molecule has 0 spiro atoms. The van der Waals surface area contributed by atoms with Gasteiger partial charge in [0.05, 0.1) is 11.4 Å². The second-order valence-corrected chi connectivity index (χ2v) is 5.57. The molecular formula is C20H20N4. The molecule has 4 aromatic rings. The highest BCUT2D eigenvalue weighted by atomic mass is 15.3. The molecular weight excluding hydrogens is 296 g/mol. The second-order valence-electron chi connectivity index (χ2n) is 5.57. The second kappa shape index (κ2) is 7.42. The number of nitrogens with zero attached hydrogens (tertiary/aromatic N) is 4. The summed E-state index contributed by atoms with van der Waals surface area (Å²) < 4.78 is 3.69. The van der Waals surface area contributed by atoms with E-state index in [1.807, 2.05) is 33.9 Å². The van der Waals surface area contributed by atoms with Gasteiger partial charge in [0.1, 0.15) is 0 Å². The third-order valence-corrected chi connectivity index (χ3v) is 3.61. The lowest BCUT2D eigenvalue weighted by molar-refractivity contribution is 0.880. The normalized spacial score (nSPS) is 10.1. The lowest BCUT2D eigenvalue weighted by atomic mass is 10.2. The van der Waals surface area contributed by atoms with Gasteiger partial charge in [0.15, 0.2) is 0 Å². The maximum atomic E-state index is 4.13. The molecule has 0 aliphatic rings. The van der Waals surface area contributed by atoms with Crippen molar-refractivity contribution in [1.82, 2.24) is 19.6 Å². The van der Waals surface area contributed by atoms with Gasteiger partial charge in [-0.15, -0.1) is 0 Å². The number of hydrogen-bond donors (Lipinski definition) is 0. The van der Waals surface area contributed by atoms with Crippen LogP contribution in [0, 0.1) is 13.8 Å². The molecule has 120 valence electrons. The van der Waals surface area contributed by atoms with Gasteiger partial charge in [-0.25, -0.2) is 9.36 Å². The van der Waals surface area contributed by atoms with Crippen molar-refractivity contribution < 1.29 is 0 Å². The molecule has 0 bridgehead atoms. The quantitative estimate of drug-likeness (QED) is 0.551. The van der Waals surface area contributed by atoms with Crippen LogP contribution in [0.25, 0.3) is 11.4 Å². The first-order valence-corrected chi connectivity index (χ1v) is 7.86. The van der Waals surface area contributed by atoms with E-state index < -0.39 is 0 Å². The van der Waals surface area contributed by atoms with Crippen LogP contribution in [0.3, 0.4) is 0 Å². The van der Waals surface area contributed by atoms with Gasteiger partial charge < -0.3 is 0 Å². The SMILES string of the molecule is Cc1ccc(-n2cccn2)cc1.Cc1ccc(-n2cccn2)cc1. The summed E-state index contributed by atoms with van der Waals surface area (Å²) in [5.74, 6) is 0. The molecule has 0 aliphatic heterocycles. The number of benzene rings is 2. The zero-order valence-electron chi connectivity index (χ0n) is 13.9. The van der Waals surface area contributed by atoms with Crippen molar-refractivity contribution in [2.45, 2.75) is 13.8 Å². The molecule has 4 nitrogen and oxygen atoms in total. The summed E-state index contributed by atoms with van der Waals surface area (Å²) in [6, 6.07) is 20.4. The van der Waals surface area contributed by atoms with Crippen molar-refractivity contribution >= 4 is 0 Å². The van der Waals surface area contributed by atoms with E-state index in [0.29, 0.717) is 0 Å². The summed E-state index contributed by atoms with van der Waals surface area (Å²) in [6.45, 7) is 4.15. The van der Waals surface area contributed by atoms with E-state index in [4.69, 9.17) is 0 Å². The maximum Gasteiger partial charge on any atom is 0.0645 e. The molecule has 0 amide bonds. The van der Waals surface area contributed by atoms with Crippen LogP contribution in [0.15, 0.2) is 85.5 Å². The van der Waals surface area contributed by atoms with Gasteiger partial charge in [-0.1, -0.05) is 35.4 Å². The summed E-state index contributed by atoms with van der Waals surface area (Å²) in [4.78, 5) is 0. The Morgan fingerprint density at radius 2 is 0.958 bits per heavy atom. The predicted molar refractivity (Wildman–Crippen MR) is 96.6 cm³/mol. The molecule has 0 aliphatic carbocycles. The zero-order valence-corrected chi connectivity index (χ0v) is 13.9. The minimum Gasteiger partial charge on any atom is -0.241 e. The van der Waals surface area contributed by atoms with E-state index in [1.165, 1.54) is 11.1 Å². The van der Waals surface area contributed by atoms with Gasteiger partial charge in [-0.3, -0.25) is 0 Å². The van der Waals surface area contributed by atoms with E-state index in [1.54, 1.807) is 12.4 Å². The van der Waals surface area contributed by atoms with Crippen molar-refractivity contribution in [2.75, 3.05) is 0 Å². The first-order valence-electron chi connectivity index (χ1n) is 7.86. The smallest absolute Gasteiger partial charge is 0.0645 e. The summed E-state index contributed by atoms with van der Waals surface area (Å²) in [7, 11) is 0. The Labute approximate surface area is 142 Å². The highest BCUT2D eigenvalue weighted by molar-refractivity contribution is 5.33. The topological polar surface area (TPSA) is 35.6 Å². The Kier molecular flexibility index (Phi) is 4.87. The van der Waals surface area contributed by atoms with Crippen molar-refractivity contribution in [3.8, 4) is 11.4 Å². The molecule has 2 aromatic heterocycles. The summed E-state index contributed by atoms with van der Waals surface area (Å²) in [5.41, 5.74) is 4.74. The van der Waals surface area contributed by atoms with E-state index in [-0.39, 0.29) is 0 Å². The van der Waals surface area contributed by atoms with Gasteiger partial charge in [-0.2, -0.15) is 10.2 Å². The van der Waals surface area contributed by atoms with Crippen LogP contribution in [-0.4, -0.2) is 19.6 Å². The average Bonchev–Trinajstić information content (AvgIpc) is 3.31. The lowest BCUT2D eigenvalue weighted by Gasteiger charge is -2.00. The van der Waals surface area contributed by atoms with Crippen LogP contribution in [-0.2, 0) is 0 Å². The van der Waals surface area contributed by atoms with E-state index in [9.17, 15) is 0 Å². The highest BCUT2D eigenvalue weighted by Gasteiger charge is 1.93. The molecule has 4 heteroatoms. The Morgan fingerprint density at radius 3 is 1.25 bits per heavy atom. The van der Waals surface area contributed by atoms with Gasteiger partial charge in [0.2, 0.25) is 0 Å². The van der Waals surface area contributed by atoms with E-state index >= 15 is 0 Å². The molecule has 0 radical (unpaired) electrons. The number of hydrogen-bond acceptors (Lipinski definition) is 2. The highest BCUT2D eigenvalue weighted by Crippen LogP contribution is 2.07. The van der Waals surface area contributed by atoms with Gasteiger partial charge in [-0.05, 0) is 50.2 Å². The number of aryl methyl sites for hydroxylation is 2. The van der Waals surface area contributed by atoms with E-state index in [0.717, 1.165) is 11.4 Å². The zero-order chi connectivity index (χ0) is 16.8. The lowest BCUT2D eigenvalue weighted by Crippen LogP contribution is -1.92. The molecule has 2 heterocycles. The molecule has 0 fully saturated rings. The fourth-order valence-electron chi connectivity index (χ4n) is 2.24. The van der Waals surface area contributed by atoms with Gasteiger partial charge in [0.25, 0.3) is 0 Å². The Bertz CT molecular complexity index is 767. The van der Waals surface area contributed by atoms with Crippen LogP contribution in [0.1, 0.15) is 11.1 Å². The summed E-state index contributed by atoms with van der Waals surface area (Å²) in [5, 5.41) is 8.27. The first kappa shape index (κ1) is 15.7. The molecule has 0 saturated heterocycles. The van der Waals surface area contributed by atoms with Crippen LogP contribution in [0.4, 0.5) is 0 Å². The third-order valence-electron chi connectivity index (χ3n) is 3.61. The molecule has 0 atom stereocenters. The van der Waals surface area contributed by atoms with Crippen molar-refractivity contribution in [3.63, 3.8) is 0 Å². The molecule has 2 aromatic carbocycles. The van der Waals surface area contributed by atoms with Crippen molar-refractivity contribution in [3.05, 3.63) is 96.6 Å². The molecule has 4 rings (SSSR count). The third kappa shape index (κ3) is 3.98. The molecule has 0 unspecified atom stereocenters. The Balaban J connectivity index is 0.000000141. The first-order chi connectivity index (χ1) is 11.7. The molecule has 24 heavy (non-hydrogen) atoms.